The molecule has 1 aliphatic carbocycles. The zero-order valence-corrected chi connectivity index (χ0v) is 41.4. The van der Waals surface area contributed by atoms with Gasteiger partial charge in [-0.05, 0) is 84.6 Å². The number of nitrogens with one attached hydrogen (secondary N) is 4. The first-order valence-electron chi connectivity index (χ1n) is 19.4. The topological polar surface area (TPSA) is 175 Å². The first-order valence-corrected chi connectivity index (χ1v) is 19.4. The maximum atomic E-state index is 13.6. The fourth-order valence-corrected chi connectivity index (χ4v) is 8.32. The normalized spacial score (nSPS) is 19.7. The van der Waals surface area contributed by atoms with Gasteiger partial charge in [-0.15, -0.1) is 0 Å². The van der Waals surface area contributed by atoms with Crippen LogP contribution < -0.4 is 10.6 Å². The zero-order valence-electron chi connectivity index (χ0n) is 35.4. The summed E-state index contributed by atoms with van der Waals surface area (Å²) in [5.74, 6) is 1.88. The van der Waals surface area contributed by atoms with Crippen LogP contribution in [0.4, 0.5) is 9.59 Å². The summed E-state index contributed by atoms with van der Waals surface area (Å²) >= 11 is 0. The first kappa shape index (κ1) is 55.7. The summed E-state index contributed by atoms with van der Waals surface area (Å²) in [4.78, 5) is 71.3. The van der Waals surface area contributed by atoms with E-state index in [2.05, 4.69) is 63.1 Å². The molecule has 3 fully saturated rings. The average molecular weight is 957 g/mol. The van der Waals surface area contributed by atoms with E-state index in [0.29, 0.717) is 24.9 Å². The molecule has 4 amide bonds. The van der Waals surface area contributed by atoms with Crippen LogP contribution in [0.25, 0.3) is 22.3 Å². The molecule has 6 atom stereocenters. The van der Waals surface area contributed by atoms with E-state index in [1.54, 1.807) is 0 Å². The molecule has 20 heteroatoms. The SMILES string of the molecule is COC(=O)N[C@H](C(=O)N1CCC[C@H]1c1ncc(-c2ccc([C@H]3C[C@@H]3c3ccc4nc([C@@H]5CCCN5C(=O)[C@@H](NC(=O)OC)C(C)C)[nH]c4c3)cc2)[nH]1)C(C)C.S.S.S.S.S.S. The maximum Gasteiger partial charge on any atom is 0.407 e. The minimum Gasteiger partial charge on any atom is -0.453 e. The van der Waals surface area contributed by atoms with Gasteiger partial charge in [0.2, 0.25) is 11.8 Å². The number of rotatable bonds is 11. The molecular weight excluding hydrogens is 893 g/mol. The molecule has 4 aromatic rings. The number of nitrogens with zero attached hydrogens (tertiary/aromatic N) is 4. The molecule has 340 valence electrons. The van der Waals surface area contributed by atoms with Crippen molar-refractivity contribution in [1.82, 2.24) is 40.4 Å². The lowest BCUT2D eigenvalue weighted by Gasteiger charge is -2.30. The highest BCUT2D eigenvalue weighted by atomic mass is 32.1. The number of likely N-dealkylation sites (tertiary alicyclic amines) is 2. The maximum absolute atomic E-state index is 13.6. The third-order valence-corrected chi connectivity index (χ3v) is 11.5. The number of alkyl carbamates (subject to hydrolysis) is 2. The molecule has 1 saturated carbocycles. The van der Waals surface area contributed by atoms with Crippen LogP contribution >= 0.6 is 81.0 Å². The molecule has 2 saturated heterocycles. The van der Waals surface area contributed by atoms with Crippen LogP contribution in [0, 0.1) is 11.8 Å². The van der Waals surface area contributed by atoms with Crippen molar-refractivity contribution in [2.45, 2.75) is 95.8 Å². The quantitative estimate of drug-likeness (QED) is 0.125. The Bertz CT molecular complexity index is 2070. The van der Waals surface area contributed by atoms with E-state index < -0.39 is 24.3 Å². The summed E-state index contributed by atoms with van der Waals surface area (Å²) in [5.41, 5.74) is 6.28. The Balaban J connectivity index is 0.00000310. The van der Waals surface area contributed by atoms with E-state index >= 15 is 0 Å². The highest BCUT2D eigenvalue weighted by molar-refractivity contribution is 7.60. The van der Waals surface area contributed by atoms with Crippen LogP contribution in [0.1, 0.15) is 106 Å². The molecule has 3 aliphatic rings. The van der Waals surface area contributed by atoms with Crippen LogP contribution in [-0.4, -0.2) is 93.1 Å². The highest BCUT2D eigenvalue weighted by Crippen LogP contribution is 2.55. The van der Waals surface area contributed by atoms with Crippen molar-refractivity contribution in [2.75, 3.05) is 27.3 Å². The number of carbonyl (C=O) groups is 4. The summed E-state index contributed by atoms with van der Waals surface area (Å²) in [5, 5.41) is 5.42. The van der Waals surface area contributed by atoms with Crippen molar-refractivity contribution in [1.29, 1.82) is 0 Å². The summed E-state index contributed by atoms with van der Waals surface area (Å²) in [6.07, 6.45) is 4.97. The van der Waals surface area contributed by atoms with Crippen LogP contribution in [0.3, 0.4) is 0 Å². The second-order valence-electron chi connectivity index (χ2n) is 15.7. The largest absolute Gasteiger partial charge is 0.453 e. The van der Waals surface area contributed by atoms with Gasteiger partial charge in [0.25, 0.3) is 0 Å². The molecule has 0 radical (unpaired) electrons. The van der Waals surface area contributed by atoms with Gasteiger partial charge in [-0.3, -0.25) is 9.59 Å². The number of aromatic nitrogens is 4. The Kier molecular flexibility index (Phi) is 21.9. The Labute approximate surface area is 400 Å². The fraction of sp³-hybridized carbons (Fsp3) is 0.512. The van der Waals surface area contributed by atoms with E-state index in [4.69, 9.17) is 19.4 Å². The summed E-state index contributed by atoms with van der Waals surface area (Å²) in [7, 11) is 2.59. The number of carbonyl (C=O) groups excluding carboxylic acids is 4. The minimum absolute atomic E-state index is 0. The molecule has 0 bridgehead atoms. The van der Waals surface area contributed by atoms with Crippen molar-refractivity contribution in [2.24, 2.45) is 11.8 Å². The second-order valence-corrected chi connectivity index (χ2v) is 15.7. The Morgan fingerprint density at radius 3 is 1.69 bits per heavy atom. The average Bonchev–Trinajstić information content (AvgIpc) is 3.69. The van der Waals surface area contributed by atoms with Crippen LogP contribution in [0.2, 0.25) is 0 Å². The number of aromatic amines is 2. The monoisotopic (exact) mass is 956 g/mol. The van der Waals surface area contributed by atoms with Crippen molar-refractivity contribution >= 4 is 116 Å². The number of amides is 4. The number of benzene rings is 2. The predicted molar refractivity (Wildman–Crippen MR) is 268 cm³/mol. The van der Waals surface area contributed by atoms with E-state index in [1.807, 2.05) is 43.7 Å². The number of H-pyrrole nitrogens is 2. The smallest absolute Gasteiger partial charge is 0.407 e. The van der Waals surface area contributed by atoms with Gasteiger partial charge >= 0.3 is 12.2 Å². The van der Waals surface area contributed by atoms with Gasteiger partial charge in [0, 0.05) is 13.1 Å². The summed E-state index contributed by atoms with van der Waals surface area (Å²) < 4.78 is 9.53. The molecule has 2 aromatic heterocycles. The third-order valence-electron chi connectivity index (χ3n) is 11.5. The molecule has 4 N–H and O–H groups in total. The third kappa shape index (κ3) is 12.0. The van der Waals surface area contributed by atoms with Gasteiger partial charge in [-0.1, -0.05) is 58.0 Å². The molecule has 7 rings (SSSR count). The number of imidazole rings is 2. The molecule has 4 heterocycles. The lowest BCUT2D eigenvalue weighted by atomic mass is 10.0. The van der Waals surface area contributed by atoms with Crippen LogP contribution in [0.5, 0.6) is 0 Å². The Morgan fingerprint density at radius 2 is 1.18 bits per heavy atom. The van der Waals surface area contributed by atoms with Gasteiger partial charge in [-0.25, -0.2) is 19.6 Å². The fourth-order valence-electron chi connectivity index (χ4n) is 8.32. The zero-order chi connectivity index (χ0) is 39.0. The van der Waals surface area contributed by atoms with Crippen molar-refractivity contribution in [3.8, 4) is 11.3 Å². The standard InChI is InChI=1S/C41H52N8O6.6H2S/c1-22(2)34(46-40(52)54-5)38(50)48-17-7-9-32(48)36-42-21-31(45-36)25-13-11-24(12-14-25)27-20-28(27)26-15-16-29-30(19-26)44-37(43-29)33-10-8-18-49(33)39(51)35(23(3)4)47-41(53)55-6;;;;;;/h11-16,19,21-23,27-28,32-35H,7-10,17-18,20H2,1-6H3,(H,42,45)(H,43,44)(H,46,52)(H,47,53);6*1H2/t27-,28-,32+,33+,34+,35+;;;;;;/m1....../s1. The number of ether oxygens (including phenoxy) is 2. The minimum atomic E-state index is -0.679. The van der Waals surface area contributed by atoms with Gasteiger partial charge < -0.3 is 39.9 Å². The van der Waals surface area contributed by atoms with Crippen LogP contribution in [-0.2, 0) is 19.1 Å². The number of hydrogen-bond donors (Lipinski definition) is 4. The summed E-state index contributed by atoms with van der Waals surface area (Å²) in [6, 6.07) is 13.3. The summed E-state index contributed by atoms with van der Waals surface area (Å²) in [6.45, 7) is 8.85. The molecule has 0 spiro atoms. The van der Waals surface area contributed by atoms with E-state index in [0.717, 1.165) is 66.0 Å². The Morgan fingerprint density at radius 1 is 0.689 bits per heavy atom. The molecule has 2 aromatic carbocycles. The Hall–Kier alpha value is -3.30. The van der Waals surface area contributed by atoms with Crippen LogP contribution in [0.15, 0.2) is 48.7 Å². The van der Waals surface area contributed by atoms with E-state index in [9.17, 15) is 19.2 Å². The molecule has 14 nitrogen and oxygen atoms in total. The number of fused-ring (bicyclic) bond motifs is 1. The molecule has 0 unspecified atom stereocenters. The first-order chi connectivity index (χ1) is 26.5. The van der Waals surface area contributed by atoms with Crippen molar-refractivity contribution in [3.05, 3.63) is 71.4 Å². The lowest BCUT2D eigenvalue weighted by molar-refractivity contribution is -0.136. The van der Waals surface area contributed by atoms with Gasteiger partial charge in [0.1, 0.15) is 23.7 Å². The highest BCUT2D eigenvalue weighted by Gasteiger charge is 2.41. The van der Waals surface area contributed by atoms with Gasteiger partial charge in [0.05, 0.1) is 49.2 Å². The van der Waals surface area contributed by atoms with E-state index in [1.165, 1.54) is 25.3 Å². The van der Waals surface area contributed by atoms with Gasteiger partial charge in [0.15, 0.2) is 0 Å². The molecule has 2 aliphatic heterocycles. The molecular formula is C41H64N8O6S6. The second kappa shape index (κ2) is 24.0. The van der Waals surface area contributed by atoms with E-state index in [-0.39, 0.29) is 117 Å². The van der Waals surface area contributed by atoms with Crippen molar-refractivity contribution in [3.63, 3.8) is 0 Å². The molecule has 61 heavy (non-hydrogen) atoms. The lowest BCUT2D eigenvalue weighted by Crippen LogP contribution is -2.51. The number of hydrogen-bond acceptors (Lipinski definition) is 8. The predicted octanol–water partition coefficient (Wildman–Crippen LogP) is 6.99. The van der Waals surface area contributed by atoms with Gasteiger partial charge in [-0.2, -0.15) is 81.0 Å². The number of methoxy groups -OCH3 is 2. The van der Waals surface area contributed by atoms with Crippen molar-refractivity contribution < 1.29 is 28.7 Å².